The second kappa shape index (κ2) is 4.18. The lowest BCUT2D eigenvalue weighted by Gasteiger charge is -2.31. The molecule has 0 radical (unpaired) electrons. The number of hydrogen-bond donors (Lipinski definition) is 1. The van der Waals surface area contributed by atoms with Crippen molar-refractivity contribution in [3.05, 3.63) is 23.4 Å². The van der Waals surface area contributed by atoms with Crippen molar-refractivity contribution in [2.24, 2.45) is 5.92 Å². The molecule has 0 aromatic rings. The van der Waals surface area contributed by atoms with E-state index in [1.165, 1.54) is 24.1 Å². The summed E-state index contributed by atoms with van der Waals surface area (Å²) in [5.41, 5.74) is 2.82. The van der Waals surface area contributed by atoms with Gasteiger partial charge in [0.1, 0.15) is 0 Å². The third-order valence-electron chi connectivity index (χ3n) is 2.81. The molecule has 1 heterocycles. The van der Waals surface area contributed by atoms with Crippen molar-refractivity contribution in [2.45, 2.75) is 32.7 Å². The molecule has 1 saturated heterocycles. The molecular weight excluding hydrogens is 174 g/mol. The van der Waals surface area contributed by atoms with Gasteiger partial charge in [-0.1, -0.05) is 26.0 Å². The summed E-state index contributed by atoms with van der Waals surface area (Å²) in [5, 5.41) is 3.55. The summed E-state index contributed by atoms with van der Waals surface area (Å²) in [6.07, 6.45) is 7.06. The van der Waals surface area contributed by atoms with Gasteiger partial charge in [0.15, 0.2) is 0 Å². The Labute approximate surface area is 86.0 Å². The third-order valence-corrected chi connectivity index (χ3v) is 2.81. The van der Waals surface area contributed by atoms with Crippen LogP contribution in [0.5, 0.6) is 0 Å². The Morgan fingerprint density at radius 3 is 2.57 bits per heavy atom. The normalized spacial score (nSPS) is 22.8. The molecule has 78 valence electrons. The molecule has 1 aliphatic heterocycles. The van der Waals surface area contributed by atoms with Crippen LogP contribution in [-0.2, 0) is 4.74 Å². The van der Waals surface area contributed by atoms with E-state index in [1.807, 2.05) is 0 Å². The summed E-state index contributed by atoms with van der Waals surface area (Å²) in [5.74, 6) is 0.620. The molecule has 1 N–H and O–H groups in total. The van der Waals surface area contributed by atoms with E-state index >= 15 is 0 Å². The van der Waals surface area contributed by atoms with E-state index in [0.717, 1.165) is 13.2 Å². The fourth-order valence-corrected chi connectivity index (χ4v) is 1.92. The Hall–Kier alpha value is -0.760. The molecule has 0 bridgehead atoms. The highest BCUT2D eigenvalue weighted by Crippen LogP contribution is 2.24. The van der Waals surface area contributed by atoms with Crippen LogP contribution in [0.15, 0.2) is 23.4 Å². The van der Waals surface area contributed by atoms with Gasteiger partial charge >= 0.3 is 0 Å². The van der Waals surface area contributed by atoms with Crippen LogP contribution in [-0.4, -0.2) is 19.3 Å². The fraction of sp³-hybridized carbons (Fsp3) is 0.667. The Kier molecular flexibility index (Phi) is 2.92. The maximum Gasteiger partial charge on any atom is 0.0728 e. The summed E-state index contributed by atoms with van der Waals surface area (Å²) in [7, 11) is 0. The third kappa shape index (κ3) is 2.01. The quantitative estimate of drug-likeness (QED) is 0.742. The first-order valence-corrected chi connectivity index (χ1v) is 5.52. The molecule has 14 heavy (non-hydrogen) atoms. The van der Waals surface area contributed by atoms with E-state index in [1.54, 1.807) is 0 Å². The first-order valence-electron chi connectivity index (χ1n) is 5.52. The van der Waals surface area contributed by atoms with Crippen molar-refractivity contribution in [1.29, 1.82) is 0 Å². The van der Waals surface area contributed by atoms with Crippen LogP contribution in [0.4, 0.5) is 0 Å². The topological polar surface area (TPSA) is 21.3 Å². The van der Waals surface area contributed by atoms with Gasteiger partial charge in [0.2, 0.25) is 0 Å². The van der Waals surface area contributed by atoms with Gasteiger partial charge in [0.25, 0.3) is 0 Å². The SMILES string of the molecule is CC(C)C1=CCCC=C1NC1COC1. The number of rotatable bonds is 3. The smallest absolute Gasteiger partial charge is 0.0728 e. The molecule has 0 aromatic heterocycles. The van der Waals surface area contributed by atoms with Crippen LogP contribution in [0.2, 0.25) is 0 Å². The molecule has 2 rings (SSSR count). The Bertz CT molecular complexity index is 261. The fourth-order valence-electron chi connectivity index (χ4n) is 1.92. The second-order valence-corrected chi connectivity index (χ2v) is 4.39. The molecule has 0 amide bonds. The highest BCUT2D eigenvalue weighted by Gasteiger charge is 2.21. The molecule has 1 aliphatic carbocycles. The summed E-state index contributed by atoms with van der Waals surface area (Å²) >= 11 is 0. The lowest BCUT2D eigenvalue weighted by Crippen LogP contribution is -2.46. The summed E-state index contributed by atoms with van der Waals surface area (Å²) < 4.78 is 5.16. The molecule has 0 spiro atoms. The minimum Gasteiger partial charge on any atom is -0.378 e. The molecule has 0 atom stereocenters. The number of ether oxygens (including phenoxy) is 1. The van der Waals surface area contributed by atoms with Gasteiger partial charge in [-0.2, -0.15) is 0 Å². The van der Waals surface area contributed by atoms with Crippen LogP contribution >= 0.6 is 0 Å². The molecule has 0 saturated carbocycles. The zero-order chi connectivity index (χ0) is 9.97. The molecular formula is C12H19NO. The van der Waals surface area contributed by atoms with Gasteiger partial charge < -0.3 is 10.1 Å². The molecule has 0 unspecified atom stereocenters. The van der Waals surface area contributed by atoms with E-state index < -0.39 is 0 Å². The lowest BCUT2D eigenvalue weighted by atomic mass is 9.93. The number of nitrogens with one attached hydrogen (secondary N) is 1. The number of hydrogen-bond acceptors (Lipinski definition) is 2. The standard InChI is InChI=1S/C12H19NO/c1-9(2)11-5-3-4-6-12(11)13-10-7-14-8-10/h5-6,9-10,13H,3-4,7-8H2,1-2H3. The van der Waals surface area contributed by atoms with Crippen molar-refractivity contribution < 1.29 is 4.74 Å². The van der Waals surface area contributed by atoms with Crippen LogP contribution in [0.1, 0.15) is 26.7 Å². The Balaban J connectivity index is 2.00. The van der Waals surface area contributed by atoms with Gasteiger partial charge in [-0.3, -0.25) is 0 Å². The van der Waals surface area contributed by atoms with E-state index in [2.05, 4.69) is 31.3 Å². The highest BCUT2D eigenvalue weighted by atomic mass is 16.5. The Morgan fingerprint density at radius 2 is 2.00 bits per heavy atom. The lowest BCUT2D eigenvalue weighted by molar-refractivity contribution is -0.000647. The van der Waals surface area contributed by atoms with Crippen molar-refractivity contribution in [1.82, 2.24) is 5.32 Å². The van der Waals surface area contributed by atoms with E-state index in [9.17, 15) is 0 Å². The maximum absolute atomic E-state index is 5.16. The van der Waals surface area contributed by atoms with Crippen LogP contribution < -0.4 is 5.32 Å². The molecule has 2 nitrogen and oxygen atoms in total. The van der Waals surface area contributed by atoms with Crippen LogP contribution in [0.3, 0.4) is 0 Å². The van der Waals surface area contributed by atoms with Gasteiger partial charge in [0.05, 0.1) is 19.3 Å². The molecule has 2 heteroatoms. The largest absolute Gasteiger partial charge is 0.378 e. The van der Waals surface area contributed by atoms with Crippen LogP contribution in [0, 0.1) is 5.92 Å². The minimum absolute atomic E-state index is 0.543. The monoisotopic (exact) mass is 193 g/mol. The molecule has 1 fully saturated rings. The summed E-state index contributed by atoms with van der Waals surface area (Å²) in [6, 6.07) is 0.543. The Morgan fingerprint density at radius 1 is 1.29 bits per heavy atom. The first kappa shape index (κ1) is 9.78. The van der Waals surface area contributed by atoms with E-state index in [0.29, 0.717) is 12.0 Å². The minimum atomic E-state index is 0.543. The predicted molar refractivity (Wildman–Crippen MR) is 58.0 cm³/mol. The van der Waals surface area contributed by atoms with Gasteiger partial charge in [0, 0.05) is 5.70 Å². The van der Waals surface area contributed by atoms with E-state index in [-0.39, 0.29) is 0 Å². The van der Waals surface area contributed by atoms with Crippen molar-refractivity contribution in [3.63, 3.8) is 0 Å². The number of allylic oxidation sites excluding steroid dienone is 3. The summed E-state index contributed by atoms with van der Waals surface area (Å²) in [6.45, 7) is 6.24. The van der Waals surface area contributed by atoms with E-state index in [4.69, 9.17) is 4.74 Å². The zero-order valence-corrected chi connectivity index (χ0v) is 9.05. The van der Waals surface area contributed by atoms with Gasteiger partial charge in [-0.25, -0.2) is 0 Å². The van der Waals surface area contributed by atoms with Gasteiger partial charge in [-0.15, -0.1) is 0 Å². The maximum atomic E-state index is 5.16. The first-order chi connectivity index (χ1) is 6.77. The predicted octanol–water partition coefficient (Wildman–Crippen LogP) is 2.23. The van der Waals surface area contributed by atoms with Gasteiger partial charge in [-0.05, 0) is 24.3 Å². The zero-order valence-electron chi connectivity index (χ0n) is 9.05. The van der Waals surface area contributed by atoms with Crippen LogP contribution in [0.25, 0.3) is 0 Å². The molecule has 2 aliphatic rings. The second-order valence-electron chi connectivity index (χ2n) is 4.39. The average molecular weight is 193 g/mol. The van der Waals surface area contributed by atoms with Crippen molar-refractivity contribution in [3.8, 4) is 0 Å². The highest BCUT2D eigenvalue weighted by molar-refractivity contribution is 5.34. The average Bonchev–Trinajstić information content (AvgIpc) is 2.12. The summed E-state index contributed by atoms with van der Waals surface area (Å²) in [4.78, 5) is 0. The van der Waals surface area contributed by atoms with Crippen molar-refractivity contribution >= 4 is 0 Å². The molecule has 0 aromatic carbocycles. The van der Waals surface area contributed by atoms with Crippen molar-refractivity contribution in [2.75, 3.05) is 13.2 Å².